The van der Waals surface area contributed by atoms with Crippen molar-refractivity contribution >= 4 is 0 Å². The smallest absolute Gasteiger partial charge is 0.164 e. The number of hydrogen-bond donors (Lipinski definition) is 1. The molecule has 0 aliphatic rings. The molecule has 1 heterocycles. The first kappa shape index (κ1) is 8.81. The first-order valence-electron chi connectivity index (χ1n) is 4.48. The average molecular weight is 188 g/mol. The molecule has 0 unspecified atom stereocenters. The van der Waals surface area contributed by atoms with E-state index in [1.165, 1.54) is 0 Å². The molecule has 0 aliphatic carbocycles. The first-order valence-corrected chi connectivity index (χ1v) is 4.48. The number of aromatic nitrogens is 2. The van der Waals surface area contributed by atoms with Crippen molar-refractivity contribution in [1.82, 2.24) is 9.78 Å². The highest BCUT2D eigenvalue weighted by atomic mass is 16.3. The van der Waals surface area contributed by atoms with Gasteiger partial charge in [0.2, 0.25) is 0 Å². The van der Waals surface area contributed by atoms with Crippen molar-refractivity contribution in [2.75, 3.05) is 0 Å². The van der Waals surface area contributed by atoms with Gasteiger partial charge in [-0.25, -0.2) is 0 Å². The van der Waals surface area contributed by atoms with Crippen molar-refractivity contribution in [3.8, 4) is 17.0 Å². The molecule has 0 spiro atoms. The molecule has 2 aromatic rings. The summed E-state index contributed by atoms with van der Waals surface area (Å²) in [5.74, 6) is 0.263. The molecule has 14 heavy (non-hydrogen) atoms. The highest BCUT2D eigenvalue weighted by molar-refractivity contribution is 5.67. The molecule has 1 aromatic carbocycles. The van der Waals surface area contributed by atoms with E-state index in [1.807, 2.05) is 37.4 Å². The Bertz CT molecular complexity index is 446. The van der Waals surface area contributed by atoms with Crippen LogP contribution in [0, 0.1) is 6.92 Å². The third-order valence-corrected chi connectivity index (χ3v) is 2.24. The van der Waals surface area contributed by atoms with Gasteiger partial charge in [-0.15, -0.1) is 0 Å². The lowest BCUT2D eigenvalue weighted by Gasteiger charge is -2.01. The number of nitrogens with zero attached hydrogens (tertiary/aromatic N) is 2. The maximum atomic E-state index is 9.79. The number of aryl methyl sites for hydroxylation is 2. The van der Waals surface area contributed by atoms with E-state index < -0.39 is 0 Å². The van der Waals surface area contributed by atoms with E-state index >= 15 is 0 Å². The standard InChI is InChI=1S/C11H12N2O/c1-8-11(14)10(13(2)12-8)9-6-4-3-5-7-9/h3-7,14H,1-2H3. The van der Waals surface area contributed by atoms with Crippen LogP contribution in [0.2, 0.25) is 0 Å². The maximum Gasteiger partial charge on any atom is 0.164 e. The van der Waals surface area contributed by atoms with Crippen molar-refractivity contribution in [3.63, 3.8) is 0 Å². The van der Waals surface area contributed by atoms with Crippen LogP contribution in [0.4, 0.5) is 0 Å². The fourth-order valence-electron chi connectivity index (χ4n) is 1.57. The zero-order valence-electron chi connectivity index (χ0n) is 8.23. The molecule has 0 amide bonds. The lowest BCUT2D eigenvalue weighted by atomic mass is 10.1. The molecule has 1 N–H and O–H groups in total. The van der Waals surface area contributed by atoms with Gasteiger partial charge in [0.1, 0.15) is 11.4 Å². The van der Waals surface area contributed by atoms with E-state index in [1.54, 1.807) is 11.6 Å². The van der Waals surface area contributed by atoms with Crippen molar-refractivity contribution in [3.05, 3.63) is 36.0 Å². The minimum Gasteiger partial charge on any atom is -0.504 e. The molecule has 1 aromatic heterocycles. The summed E-state index contributed by atoms with van der Waals surface area (Å²) >= 11 is 0. The van der Waals surface area contributed by atoms with Crippen LogP contribution >= 0.6 is 0 Å². The fraction of sp³-hybridized carbons (Fsp3) is 0.182. The quantitative estimate of drug-likeness (QED) is 0.744. The number of hydrogen-bond acceptors (Lipinski definition) is 2. The summed E-state index contributed by atoms with van der Waals surface area (Å²) in [6.45, 7) is 1.79. The summed E-state index contributed by atoms with van der Waals surface area (Å²) in [6.07, 6.45) is 0. The zero-order valence-corrected chi connectivity index (χ0v) is 8.23. The summed E-state index contributed by atoms with van der Waals surface area (Å²) in [4.78, 5) is 0. The van der Waals surface area contributed by atoms with E-state index in [9.17, 15) is 5.11 Å². The second-order valence-electron chi connectivity index (χ2n) is 3.27. The molecule has 0 saturated carbocycles. The van der Waals surface area contributed by atoms with Gasteiger partial charge in [-0.05, 0) is 6.92 Å². The molecule has 72 valence electrons. The van der Waals surface area contributed by atoms with Crippen LogP contribution < -0.4 is 0 Å². The molecule has 0 fully saturated rings. The third-order valence-electron chi connectivity index (χ3n) is 2.24. The molecule has 3 heteroatoms. The second kappa shape index (κ2) is 3.18. The van der Waals surface area contributed by atoms with E-state index in [-0.39, 0.29) is 5.75 Å². The van der Waals surface area contributed by atoms with Gasteiger partial charge in [-0.1, -0.05) is 30.3 Å². The molecule has 0 atom stereocenters. The Morgan fingerprint density at radius 2 is 1.86 bits per heavy atom. The van der Waals surface area contributed by atoms with Gasteiger partial charge < -0.3 is 5.11 Å². The van der Waals surface area contributed by atoms with Gasteiger partial charge in [-0.2, -0.15) is 5.10 Å². The highest BCUT2D eigenvalue weighted by Gasteiger charge is 2.12. The van der Waals surface area contributed by atoms with E-state index in [0.29, 0.717) is 5.69 Å². The van der Waals surface area contributed by atoms with Crippen molar-refractivity contribution in [2.45, 2.75) is 6.92 Å². The lowest BCUT2D eigenvalue weighted by Crippen LogP contribution is -1.93. The summed E-state index contributed by atoms with van der Waals surface area (Å²) in [7, 11) is 1.83. The molecule has 0 saturated heterocycles. The Balaban J connectivity index is 2.62. The SMILES string of the molecule is Cc1nn(C)c(-c2ccccc2)c1O. The highest BCUT2D eigenvalue weighted by Crippen LogP contribution is 2.30. The topological polar surface area (TPSA) is 38.0 Å². The minimum absolute atomic E-state index is 0.263. The van der Waals surface area contributed by atoms with Crippen molar-refractivity contribution in [1.29, 1.82) is 0 Å². The van der Waals surface area contributed by atoms with E-state index in [4.69, 9.17) is 0 Å². The van der Waals surface area contributed by atoms with Crippen LogP contribution in [0.5, 0.6) is 5.75 Å². The fourth-order valence-corrected chi connectivity index (χ4v) is 1.57. The molecule has 2 rings (SSSR count). The Kier molecular flexibility index (Phi) is 2.00. The predicted octanol–water partition coefficient (Wildman–Crippen LogP) is 2.10. The van der Waals surface area contributed by atoms with Gasteiger partial charge in [0.05, 0.1) is 0 Å². The van der Waals surface area contributed by atoms with Gasteiger partial charge >= 0.3 is 0 Å². The Morgan fingerprint density at radius 1 is 1.21 bits per heavy atom. The average Bonchev–Trinajstić information content (AvgIpc) is 2.43. The number of aromatic hydroxyl groups is 1. The largest absolute Gasteiger partial charge is 0.504 e. The lowest BCUT2D eigenvalue weighted by molar-refractivity contribution is 0.473. The zero-order chi connectivity index (χ0) is 10.1. The summed E-state index contributed by atoms with van der Waals surface area (Å²) in [6, 6.07) is 9.74. The van der Waals surface area contributed by atoms with E-state index in [2.05, 4.69) is 5.10 Å². The maximum absolute atomic E-state index is 9.79. The van der Waals surface area contributed by atoms with Crippen molar-refractivity contribution < 1.29 is 5.11 Å². The Labute approximate surface area is 82.6 Å². The van der Waals surface area contributed by atoms with Crippen LogP contribution in [0.3, 0.4) is 0 Å². The monoisotopic (exact) mass is 188 g/mol. The van der Waals surface area contributed by atoms with Gasteiger partial charge in [0.15, 0.2) is 5.75 Å². The third kappa shape index (κ3) is 1.27. The second-order valence-corrected chi connectivity index (χ2v) is 3.27. The van der Waals surface area contributed by atoms with E-state index in [0.717, 1.165) is 11.3 Å². The van der Waals surface area contributed by atoms with Crippen LogP contribution in [0.15, 0.2) is 30.3 Å². The van der Waals surface area contributed by atoms with Gasteiger partial charge in [0.25, 0.3) is 0 Å². The molecule has 3 nitrogen and oxygen atoms in total. The molecule has 0 bridgehead atoms. The van der Waals surface area contributed by atoms with Crippen LogP contribution in [0.1, 0.15) is 5.69 Å². The van der Waals surface area contributed by atoms with Crippen LogP contribution in [-0.4, -0.2) is 14.9 Å². The van der Waals surface area contributed by atoms with Gasteiger partial charge in [0, 0.05) is 12.6 Å². The molecular weight excluding hydrogens is 176 g/mol. The van der Waals surface area contributed by atoms with Crippen LogP contribution in [0.25, 0.3) is 11.3 Å². The van der Waals surface area contributed by atoms with Gasteiger partial charge in [-0.3, -0.25) is 4.68 Å². The Morgan fingerprint density at radius 3 is 2.36 bits per heavy atom. The van der Waals surface area contributed by atoms with Crippen molar-refractivity contribution in [2.24, 2.45) is 7.05 Å². The first-order chi connectivity index (χ1) is 6.70. The van der Waals surface area contributed by atoms with Crippen LogP contribution in [-0.2, 0) is 7.05 Å². The summed E-state index contributed by atoms with van der Waals surface area (Å²) < 4.78 is 1.69. The molecule has 0 aliphatic heterocycles. The molecule has 0 radical (unpaired) electrons. The normalized spacial score (nSPS) is 10.4. The Hall–Kier alpha value is -1.77. The summed E-state index contributed by atoms with van der Waals surface area (Å²) in [5, 5.41) is 13.9. The number of benzene rings is 1. The minimum atomic E-state index is 0.263. The molecular formula is C11H12N2O. The summed E-state index contributed by atoms with van der Waals surface area (Å²) in [5.41, 5.74) is 2.41. The number of rotatable bonds is 1. The predicted molar refractivity (Wildman–Crippen MR) is 55.0 cm³/mol.